The molecule has 21 heteroatoms. The van der Waals surface area contributed by atoms with E-state index < -0.39 is 108 Å². The Labute approximate surface area is 529 Å². The number of Topliss-reactive ketones (excluding diaryl/α,β-unsaturated/α-hetero) is 2. The molecule has 0 saturated carbocycles. The molecule has 21 nitrogen and oxygen atoms in total. The van der Waals surface area contributed by atoms with Crippen molar-refractivity contribution in [2.75, 3.05) is 81.9 Å². The van der Waals surface area contributed by atoms with Crippen LogP contribution in [0.15, 0.2) is 91.0 Å². The minimum absolute atomic E-state index is 0.0906. The van der Waals surface area contributed by atoms with Crippen LogP contribution in [0, 0.1) is 11.3 Å². The first-order chi connectivity index (χ1) is 42.8. The minimum atomic E-state index is -1.51. The maximum atomic E-state index is 15.1. The van der Waals surface area contributed by atoms with E-state index in [4.69, 9.17) is 33.2 Å². The van der Waals surface area contributed by atoms with E-state index in [1.165, 1.54) is 82.0 Å². The second kappa shape index (κ2) is 32.9. The van der Waals surface area contributed by atoms with Crippen LogP contribution in [-0.2, 0) is 70.2 Å². The summed E-state index contributed by atoms with van der Waals surface area (Å²) in [6, 6.07) is 20.5. The molecule has 2 bridgehead atoms. The number of aryl methyl sites for hydroxylation is 1. The smallest absolute Gasteiger partial charge is 0.330 e. The molecule has 0 aromatic heterocycles. The molecule has 0 unspecified atom stereocenters. The first kappa shape index (κ1) is 70.8. The molecule has 2 heterocycles. The molecule has 0 spiro atoms. The number of esters is 2. The van der Waals surface area contributed by atoms with E-state index in [0.717, 1.165) is 28.0 Å². The van der Waals surface area contributed by atoms with Gasteiger partial charge >= 0.3 is 11.9 Å². The number of likely N-dealkylation sites (N-methyl/N-ethyl adjacent to an activating group) is 3. The Hall–Kier alpha value is -8.33. The number of hydrogen-bond acceptors (Lipinski definition) is 16. The van der Waals surface area contributed by atoms with Gasteiger partial charge in [-0.15, -0.1) is 0 Å². The Balaban J connectivity index is 1.36. The third kappa shape index (κ3) is 19.6. The molecular formula is C69H91N5O16. The van der Waals surface area contributed by atoms with Gasteiger partial charge in [0.2, 0.25) is 29.3 Å². The largest absolute Gasteiger partial charge is 0.493 e. The number of methoxy groups -OCH3 is 3. The van der Waals surface area contributed by atoms with Crippen LogP contribution in [0.4, 0.5) is 0 Å². The fourth-order valence-electron chi connectivity index (χ4n) is 10.9. The second-order valence-corrected chi connectivity index (χ2v) is 24.7. The number of carbonyl (C=O) groups excluding carboxylic acids is 9. The number of cyclic esters (lactones) is 2. The number of carbonyl (C=O) groups is 9. The average molecular weight is 1250 g/mol. The molecule has 5 amide bonds. The van der Waals surface area contributed by atoms with E-state index in [-0.39, 0.29) is 69.8 Å². The number of hydrogen-bond donors (Lipinski definition) is 1. The van der Waals surface area contributed by atoms with Crippen molar-refractivity contribution in [3.8, 4) is 23.0 Å². The number of ether oxygens (including phenoxy) is 7. The third-order valence-corrected chi connectivity index (χ3v) is 16.4. The van der Waals surface area contributed by atoms with Crippen molar-refractivity contribution in [1.82, 2.24) is 24.9 Å². The van der Waals surface area contributed by atoms with Crippen LogP contribution >= 0.6 is 0 Å². The van der Waals surface area contributed by atoms with Crippen molar-refractivity contribution >= 4 is 63.8 Å². The van der Waals surface area contributed by atoms with Crippen LogP contribution in [0.25, 0.3) is 10.8 Å². The first-order valence-corrected chi connectivity index (χ1v) is 30.9. The van der Waals surface area contributed by atoms with E-state index in [9.17, 15) is 38.4 Å². The Morgan fingerprint density at radius 3 is 2.12 bits per heavy atom. The maximum Gasteiger partial charge on any atom is 0.330 e. The average Bonchev–Trinajstić information content (AvgIpc) is 1.24. The van der Waals surface area contributed by atoms with Gasteiger partial charge in [-0.3, -0.25) is 33.6 Å². The molecule has 0 radical (unpaired) electrons. The number of fused-ring (bicyclic) bond motifs is 4. The topological polar surface area (TPSA) is 243 Å². The fourth-order valence-corrected chi connectivity index (χ4v) is 10.9. The zero-order chi connectivity index (χ0) is 65.9. The van der Waals surface area contributed by atoms with Gasteiger partial charge < -0.3 is 58.1 Å². The number of piperidine rings is 1. The molecule has 1 fully saturated rings. The number of amides is 5. The standard InChI is InChI=1S/C69H91N5O16/c1-13-14-26-52-55(75)40-50(36-45-29-31-47-22-15-16-23-48(47)35-45)65(81)73(9)54(42-89-68(2,3)4)64(80)70-41-59(76)71(7)33-19-18-28-61(78)88-44-69(5,6)63(79)66(82)74-34-20-17-27-53(74)67(83)90-56(49-24-21-25-51(39-49)87-43-60(77)72(52)8)32-30-46-37-57(84-10)62(86-12)58(38-46)85-11/h15-16,18,21-25,28-29,31,35,37-39,50,52-54,56H,13-14,17,19-20,26-27,30,32-34,36,40-44H2,1-12H3,(H,70,80)/t50-,52+,53+,54+,56-/m1/s1. The molecule has 2 aliphatic rings. The number of unbranched alkanes of at least 4 members (excludes halogenated alkanes) is 1. The summed E-state index contributed by atoms with van der Waals surface area (Å²) >= 11 is 0. The summed E-state index contributed by atoms with van der Waals surface area (Å²) in [5.74, 6) is -5.49. The summed E-state index contributed by atoms with van der Waals surface area (Å²) in [5, 5.41) is 4.59. The number of nitrogens with one attached hydrogen (secondary N) is 1. The van der Waals surface area contributed by atoms with Gasteiger partial charge in [-0.05, 0) is 138 Å². The lowest BCUT2D eigenvalue weighted by Gasteiger charge is -2.36. The van der Waals surface area contributed by atoms with Gasteiger partial charge in [-0.25, -0.2) is 9.59 Å². The zero-order valence-corrected chi connectivity index (χ0v) is 54.4. The summed E-state index contributed by atoms with van der Waals surface area (Å²) in [6.45, 7) is 8.89. The lowest BCUT2D eigenvalue weighted by molar-refractivity contribution is -0.165. The molecule has 5 atom stereocenters. The highest BCUT2D eigenvalue weighted by Crippen LogP contribution is 2.40. The van der Waals surface area contributed by atoms with E-state index in [2.05, 4.69) is 5.32 Å². The molecule has 488 valence electrons. The number of ketones is 2. The summed E-state index contributed by atoms with van der Waals surface area (Å²) in [7, 11) is 9.03. The highest BCUT2D eigenvalue weighted by atomic mass is 16.6. The maximum absolute atomic E-state index is 15.1. The molecule has 2 aliphatic heterocycles. The first-order valence-electron chi connectivity index (χ1n) is 30.9. The lowest BCUT2D eigenvalue weighted by atomic mass is 9.87. The monoisotopic (exact) mass is 1250 g/mol. The molecule has 0 aliphatic carbocycles. The van der Waals surface area contributed by atoms with Gasteiger partial charge in [0.15, 0.2) is 23.9 Å². The summed E-state index contributed by atoms with van der Waals surface area (Å²) < 4.78 is 41.0. The van der Waals surface area contributed by atoms with Crippen molar-refractivity contribution in [3.05, 3.63) is 108 Å². The van der Waals surface area contributed by atoms with Gasteiger partial charge in [0.05, 0.1) is 51.5 Å². The predicted molar refractivity (Wildman–Crippen MR) is 338 cm³/mol. The quantitative estimate of drug-likeness (QED) is 0.0985. The van der Waals surface area contributed by atoms with E-state index in [1.54, 1.807) is 57.2 Å². The summed E-state index contributed by atoms with van der Waals surface area (Å²) in [4.78, 5) is 133. The Morgan fingerprint density at radius 2 is 1.44 bits per heavy atom. The van der Waals surface area contributed by atoms with E-state index in [1.807, 2.05) is 49.4 Å². The number of nitrogens with zero attached hydrogens (tertiary/aromatic N) is 4. The Morgan fingerprint density at radius 1 is 0.733 bits per heavy atom. The van der Waals surface area contributed by atoms with Crippen LogP contribution in [-0.4, -0.2) is 178 Å². The van der Waals surface area contributed by atoms with E-state index in [0.29, 0.717) is 54.9 Å². The molecule has 4 aromatic carbocycles. The van der Waals surface area contributed by atoms with Crippen LogP contribution in [0.2, 0.25) is 0 Å². The molecule has 1 saturated heterocycles. The minimum Gasteiger partial charge on any atom is -0.493 e. The van der Waals surface area contributed by atoms with Crippen molar-refractivity contribution in [1.29, 1.82) is 0 Å². The molecule has 6 rings (SSSR count). The third-order valence-electron chi connectivity index (χ3n) is 16.4. The highest BCUT2D eigenvalue weighted by molar-refractivity contribution is 6.38. The molecular weight excluding hydrogens is 1150 g/mol. The Kier molecular flexibility index (Phi) is 25.9. The predicted octanol–water partition coefficient (Wildman–Crippen LogP) is 7.99. The van der Waals surface area contributed by atoms with Crippen molar-refractivity contribution in [2.45, 2.75) is 142 Å². The molecule has 4 aromatic rings. The Bertz CT molecular complexity index is 3200. The molecule has 1 N–H and O–H groups in total. The number of rotatable bonds is 13. The van der Waals surface area contributed by atoms with Gasteiger partial charge in [-0.1, -0.05) is 80.4 Å². The van der Waals surface area contributed by atoms with Crippen molar-refractivity contribution in [3.63, 3.8) is 0 Å². The van der Waals surface area contributed by atoms with Gasteiger partial charge in [-0.2, -0.15) is 0 Å². The van der Waals surface area contributed by atoms with Gasteiger partial charge in [0.1, 0.15) is 30.5 Å². The number of benzene rings is 4. The van der Waals surface area contributed by atoms with Crippen LogP contribution in [0.3, 0.4) is 0 Å². The van der Waals surface area contributed by atoms with Crippen molar-refractivity contribution < 1.29 is 76.3 Å². The van der Waals surface area contributed by atoms with Crippen molar-refractivity contribution in [2.24, 2.45) is 11.3 Å². The van der Waals surface area contributed by atoms with Crippen LogP contribution in [0.5, 0.6) is 23.0 Å². The normalized spacial score (nSPS) is 21.4. The van der Waals surface area contributed by atoms with Gasteiger partial charge in [0.25, 0.3) is 11.8 Å². The molecule has 90 heavy (non-hydrogen) atoms. The SMILES string of the molecule is CCCC[C@H]1C(=O)C[C@@H](Cc2ccc3ccccc3c2)C(=O)N(C)[C@@H](COC(C)(C)C)C(=O)NCC(=O)N(C)CCC=CC(=O)OCC(C)(C)C(=O)C(=O)N2CCCC[C@H]2C(=O)O[C@H](CCc2cc(OC)c(OC)c(OC)c2)c2cccc(c2)OCC(=O)N1C. The summed E-state index contributed by atoms with van der Waals surface area (Å²) in [5.41, 5.74) is -0.247. The highest BCUT2D eigenvalue weighted by Gasteiger charge is 2.43. The summed E-state index contributed by atoms with van der Waals surface area (Å²) in [6.07, 6.45) is 5.02. The van der Waals surface area contributed by atoms with Crippen LogP contribution < -0.4 is 24.3 Å². The van der Waals surface area contributed by atoms with Gasteiger partial charge in [0, 0.05) is 52.6 Å². The zero-order valence-electron chi connectivity index (χ0n) is 54.4. The van der Waals surface area contributed by atoms with E-state index >= 15 is 4.79 Å². The van der Waals surface area contributed by atoms with Crippen LogP contribution in [0.1, 0.15) is 122 Å². The second-order valence-electron chi connectivity index (χ2n) is 24.7. The fraction of sp³-hybridized carbons (Fsp3) is 0.522. The lowest BCUT2D eigenvalue weighted by Crippen LogP contribution is -2.54.